The SMILES string of the molecule is CCc1c(C)sc2ncn(CC(=O)Nc3cccc(C#N)c3)c(=O)c12. The maximum atomic E-state index is 12.7. The second-order valence-electron chi connectivity index (χ2n) is 5.59. The molecule has 126 valence electrons. The first-order valence-electron chi connectivity index (χ1n) is 7.81. The Labute approximate surface area is 148 Å². The van der Waals surface area contributed by atoms with Crippen molar-refractivity contribution >= 4 is 33.1 Å². The highest BCUT2D eigenvalue weighted by Gasteiger charge is 2.15. The van der Waals surface area contributed by atoms with Crippen molar-refractivity contribution in [1.29, 1.82) is 5.26 Å². The molecule has 6 nitrogen and oxygen atoms in total. The van der Waals surface area contributed by atoms with E-state index in [2.05, 4.69) is 10.3 Å². The third kappa shape index (κ3) is 3.30. The van der Waals surface area contributed by atoms with Crippen molar-refractivity contribution in [3.8, 4) is 6.07 Å². The number of hydrogen-bond acceptors (Lipinski definition) is 5. The molecule has 0 radical (unpaired) electrons. The number of thiophene rings is 1. The highest BCUT2D eigenvalue weighted by atomic mass is 32.1. The Morgan fingerprint density at radius 1 is 1.44 bits per heavy atom. The molecule has 2 heterocycles. The van der Waals surface area contributed by atoms with Gasteiger partial charge in [-0.1, -0.05) is 13.0 Å². The monoisotopic (exact) mass is 352 g/mol. The summed E-state index contributed by atoms with van der Waals surface area (Å²) in [6.07, 6.45) is 2.16. The zero-order chi connectivity index (χ0) is 18.0. The topological polar surface area (TPSA) is 87.8 Å². The second kappa shape index (κ2) is 6.87. The minimum Gasteiger partial charge on any atom is -0.324 e. The van der Waals surface area contributed by atoms with Crippen LogP contribution in [0, 0.1) is 18.3 Å². The molecule has 3 rings (SSSR count). The summed E-state index contributed by atoms with van der Waals surface area (Å²) in [5.41, 5.74) is 1.77. The van der Waals surface area contributed by atoms with E-state index in [4.69, 9.17) is 5.26 Å². The average Bonchev–Trinajstić information content (AvgIpc) is 2.93. The lowest BCUT2D eigenvalue weighted by Crippen LogP contribution is -2.28. The number of anilines is 1. The zero-order valence-electron chi connectivity index (χ0n) is 13.9. The van der Waals surface area contributed by atoms with Crippen LogP contribution >= 0.6 is 11.3 Å². The van der Waals surface area contributed by atoms with Gasteiger partial charge < -0.3 is 5.32 Å². The molecule has 0 bridgehead atoms. The van der Waals surface area contributed by atoms with Crippen LogP contribution in [0.3, 0.4) is 0 Å². The molecule has 7 heteroatoms. The largest absolute Gasteiger partial charge is 0.324 e. The van der Waals surface area contributed by atoms with Crippen LogP contribution in [-0.4, -0.2) is 15.5 Å². The Hall–Kier alpha value is -2.98. The molecule has 0 aliphatic carbocycles. The van der Waals surface area contributed by atoms with E-state index in [1.807, 2.05) is 19.9 Å². The van der Waals surface area contributed by atoms with Crippen LogP contribution in [0.1, 0.15) is 22.9 Å². The van der Waals surface area contributed by atoms with Crippen LogP contribution < -0.4 is 10.9 Å². The van der Waals surface area contributed by atoms with Gasteiger partial charge in [0, 0.05) is 10.6 Å². The standard InChI is InChI=1S/C18H16N4O2S/c1-3-14-11(2)25-17-16(14)18(24)22(10-20-17)9-15(23)21-13-6-4-5-12(7-13)8-19/h4-7,10H,3,9H2,1-2H3,(H,21,23). The zero-order valence-corrected chi connectivity index (χ0v) is 14.7. The van der Waals surface area contributed by atoms with E-state index in [1.165, 1.54) is 22.2 Å². The van der Waals surface area contributed by atoms with Crippen molar-refractivity contribution in [2.75, 3.05) is 5.32 Å². The van der Waals surface area contributed by atoms with Gasteiger partial charge in [-0.25, -0.2) is 4.98 Å². The number of carbonyl (C=O) groups excluding carboxylic acids is 1. The van der Waals surface area contributed by atoms with Gasteiger partial charge in [-0.05, 0) is 37.1 Å². The lowest BCUT2D eigenvalue weighted by atomic mass is 10.1. The lowest BCUT2D eigenvalue weighted by molar-refractivity contribution is -0.116. The molecule has 0 aliphatic rings. The Balaban J connectivity index is 1.87. The average molecular weight is 352 g/mol. The number of nitrogens with one attached hydrogen (secondary N) is 1. The molecule has 0 saturated heterocycles. The number of aryl methyl sites for hydroxylation is 2. The molecule has 1 N–H and O–H groups in total. The van der Waals surface area contributed by atoms with Crippen molar-refractivity contribution in [2.45, 2.75) is 26.8 Å². The Morgan fingerprint density at radius 3 is 2.96 bits per heavy atom. The first-order valence-corrected chi connectivity index (χ1v) is 8.62. The molecule has 3 aromatic rings. The first-order chi connectivity index (χ1) is 12.0. The normalized spacial score (nSPS) is 10.6. The number of aromatic nitrogens is 2. The predicted octanol–water partition coefficient (Wildman–Crippen LogP) is 2.84. The molecular formula is C18H16N4O2S. The van der Waals surface area contributed by atoms with E-state index in [0.29, 0.717) is 21.5 Å². The molecule has 0 spiro atoms. The summed E-state index contributed by atoms with van der Waals surface area (Å²) in [5.74, 6) is -0.344. The summed E-state index contributed by atoms with van der Waals surface area (Å²) in [5, 5.41) is 12.2. The summed E-state index contributed by atoms with van der Waals surface area (Å²) >= 11 is 1.50. The minimum atomic E-state index is -0.344. The fourth-order valence-corrected chi connectivity index (χ4v) is 3.82. The minimum absolute atomic E-state index is 0.128. The van der Waals surface area contributed by atoms with Crippen LogP contribution in [0.15, 0.2) is 35.4 Å². The van der Waals surface area contributed by atoms with Crippen molar-refractivity contribution < 1.29 is 4.79 Å². The maximum absolute atomic E-state index is 12.7. The van der Waals surface area contributed by atoms with E-state index in [0.717, 1.165) is 16.9 Å². The molecule has 0 atom stereocenters. The van der Waals surface area contributed by atoms with Crippen molar-refractivity contribution in [1.82, 2.24) is 9.55 Å². The van der Waals surface area contributed by atoms with Gasteiger partial charge in [0.05, 0.1) is 23.3 Å². The highest BCUT2D eigenvalue weighted by Crippen LogP contribution is 2.26. The van der Waals surface area contributed by atoms with Crippen LogP contribution in [-0.2, 0) is 17.8 Å². The van der Waals surface area contributed by atoms with Crippen LogP contribution in [0.5, 0.6) is 0 Å². The number of hydrogen-bond donors (Lipinski definition) is 1. The Kier molecular flexibility index (Phi) is 4.63. The predicted molar refractivity (Wildman–Crippen MR) is 97.8 cm³/mol. The van der Waals surface area contributed by atoms with Gasteiger partial charge in [0.15, 0.2) is 0 Å². The molecule has 0 saturated carbocycles. The first kappa shape index (κ1) is 16.9. The molecule has 0 unspecified atom stereocenters. The number of benzene rings is 1. The smallest absolute Gasteiger partial charge is 0.262 e. The highest BCUT2D eigenvalue weighted by molar-refractivity contribution is 7.18. The van der Waals surface area contributed by atoms with Crippen LogP contribution in [0.4, 0.5) is 5.69 Å². The molecule has 1 aromatic carbocycles. The second-order valence-corrected chi connectivity index (χ2v) is 6.79. The van der Waals surface area contributed by atoms with Crippen molar-refractivity contribution in [3.05, 3.63) is 57.0 Å². The summed E-state index contributed by atoms with van der Waals surface area (Å²) in [6.45, 7) is 3.85. The summed E-state index contributed by atoms with van der Waals surface area (Å²) in [6, 6.07) is 8.64. The molecular weight excluding hydrogens is 336 g/mol. The third-order valence-corrected chi connectivity index (χ3v) is 4.98. The van der Waals surface area contributed by atoms with Gasteiger partial charge in [0.1, 0.15) is 11.4 Å². The number of amides is 1. The fraction of sp³-hybridized carbons (Fsp3) is 0.222. The van der Waals surface area contributed by atoms with Gasteiger partial charge in [0.25, 0.3) is 5.56 Å². The van der Waals surface area contributed by atoms with Gasteiger partial charge in [0.2, 0.25) is 5.91 Å². The lowest BCUT2D eigenvalue weighted by Gasteiger charge is -2.08. The molecule has 1 amide bonds. The summed E-state index contributed by atoms with van der Waals surface area (Å²) in [4.78, 5) is 31.1. The molecule has 0 aliphatic heterocycles. The third-order valence-electron chi connectivity index (χ3n) is 3.92. The van der Waals surface area contributed by atoms with E-state index in [9.17, 15) is 9.59 Å². The van der Waals surface area contributed by atoms with E-state index < -0.39 is 0 Å². The number of rotatable bonds is 4. The van der Waals surface area contributed by atoms with E-state index in [-0.39, 0.29) is 18.0 Å². The molecule has 2 aromatic heterocycles. The van der Waals surface area contributed by atoms with Gasteiger partial charge >= 0.3 is 0 Å². The summed E-state index contributed by atoms with van der Waals surface area (Å²) < 4.78 is 1.32. The summed E-state index contributed by atoms with van der Waals surface area (Å²) in [7, 11) is 0. The van der Waals surface area contributed by atoms with Crippen LogP contribution in [0.2, 0.25) is 0 Å². The van der Waals surface area contributed by atoms with E-state index >= 15 is 0 Å². The van der Waals surface area contributed by atoms with Gasteiger partial charge in [-0.15, -0.1) is 11.3 Å². The fourth-order valence-electron chi connectivity index (χ4n) is 2.75. The van der Waals surface area contributed by atoms with Gasteiger partial charge in [-0.2, -0.15) is 5.26 Å². The number of carbonyl (C=O) groups is 1. The van der Waals surface area contributed by atoms with Crippen LogP contribution in [0.25, 0.3) is 10.2 Å². The molecule has 0 fully saturated rings. The number of fused-ring (bicyclic) bond motifs is 1. The van der Waals surface area contributed by atoms with Crippen molar-refractivity contribution in [3.63, 3.8) is 0 Å². The quantitative estimate of drug-likeness (QED) is 0.782. The maximum Gasteiger partial charge on any atom is 0.262 e. The number of nitriles is 1. The number of nitrogens with zero attached hydrogens (tertiary/aromatic N) is 3. The van der Waals surface area contributed by atoms with Gasteiger partial charge in [-0.3, -0.25) is 14.2 Å². The van der Waals surface area contributed by atoms with Crippen molar-refractivity contribution in [2.24, 2.45) is 0 Å². The molecule has 25 heavy (non-hydrogen) atoms. The Morgan fingerprint density at radius 2 is 2.24 bits per heavy atom. The Bertz CT molecular complexity index is 1060. The van der Waals surface area contributed by atoms with E-state index in [1.54, 1.807) is 24.3 Å².